The molecule has 0 spiro atoms. The van der Waals surface area contributed by atoms with Gasteiger partial charge in [-0.2, -0.15) is 0 Å². The summed E-state index contributed by atoms with van der Waals surface area (Å²) in [4.78, 5) is 22.8. The summed E-state index contributed by atoms with van der Waals surface area (Å²) in [6, 6.07) is 6.44. The number of esters is 1. The van der Waals surface area contributed by atoms with E-state index in [1.54, 1.807) is 24.3 Å². The number of amides is 1. The fourth-order valence-corrected chi connectivity index (χ4v) is 1.76. The molecule has 5 nitrogen and oxygen atoms in total. The minimum Gasteiger partial charge on any atom is -0.464 e. The van der Waals surface area contributed by atoms with Gasteiger partial charge in [-0.3, -0.25) is 14.9 Å². The van der Waals surface area contributed by atoms with E-state index in [2.05, 4.69) is 10.6 Å². The zero-order valence-corrected chi connectivity index (χ0v) is 10.4. The van der Waals surface area contributed by atoms with Crippen LogP contribution < -0.4 is 10.6 Å². The Morgan fingerprint density at radius 3 is 2.72 bits per heavy atom. The molecule has 1 saturated heterocycles. The maximum absolute atomic E-state index is 11.6. The lowest BCUT2D eigenvalue weighted by Crippen LogP contribution is -2.38. The molecule has 0 radical (unpaired) electrons. The fraction of sp³-hybridized carbons (Fsp3) is 0.333. The first-order chi connectivity index (χ1) is 8.65. The predicted octanol–water partition coefficient (Wildman–Crippen LogP) is 1.18. The highest BCUT2D eigenvalue weighted by molar-refractivity contribution is 6.30. The van der Waals surface area contributed by atoms with Gasteiger partial charge in [0.05, 0.1) is 13.2 Å². The topological polar surface area (TPSA) is 67.4 Å². The fourth-order valence-electron chi connectivity index (χ4n) is 1.64. The summed E-state index contributed by atoms with van der Waals surface area (Å²) in [5.41, 5.74) is 0.667. The highest BCUT2D eigenvalue weighted by Crippen LogP contribution is 2.13. The van der Waals surface area contributed by atoms with Crippen LogP contribution in [-0.4, -0.2) is 31.1 Å². The molecule has 1 fully saturated rings. The second-order valence-corrected chi connectivity index (χ2v) is 4.38. The number of carbonyl (C=O) groups is 2. The predicted molar refractivity (Wildman–Crippen MR) is 67.4 cm³/mol. The van der Waals surface area contributed by atoms with Gasteiger partial charge in [-0.25, -0.2) is 0 Å². The molecule has 0 aromatic heterocycles. The summed E-state index contributed by atoms with van der Waals surface area (Å²) in [6.45, 7) is 0.484. The van der Waals surface area contributed by atoms with Crippen molar-refractivity contribution in [2.24, 2.45) is 0 Å². The van der Waals surface area contributed by atoms with Crippen molar-refractivity contribution in [1.82, 2.24) is 5.32 Å². The lowest BCUT2D eigenvalue weighted by Gasteiger charge is -2.09. The van der Waals surface area contributed by atoms with Gasteiger partial charge < -0.3 is 10.1 Å². The van der Waals surface area contributed by atoms with E-state index in [-0.39, 0.29) is 24.5 Å². The summed E-state index contributed by atoms with van der Waals surface area (Å²) >= 11 is 5.74. The van der Waals surface area contributed by atoms with Gasteiger partial charge in [0.1, 0.15) is 6.04 Å². The molecule has 1 unspecified atom stereocenters. The Hall–Kier alpha value is -1.59. The number of nitrogens with one attached hydrogen (secondary N) is 2. The van der Waals surface area contributed by atoms with Crippen molar-refractivity contribution in [2.45, 2.75) is 12.5 Å². The van der Waals surface area contributed by atoms with Gasteiger partial charge in [0.15, 0.2) is 0 Å². The molecule has 2 rings (SSSR count). The lowest BCUT2D eigenvalue weighted by molar-refractivity contribution is -0.139. The summed E-state index contributed by atoms with van der Waals surface area (Å²) in [5, 5.41) is 6.16. The highest BCUT2D eigenvalue weighted by Gasteiger charge is 2.26. The van der Waals surface area contributed by atoms with Crippen LogP contribution in [0.25, 0.3) is 0 Å². The van der Waals surface area contributed by atoms with Crippen LogP contribution in [0.3, 0.4) is 0 Å². The average Bonchev–Trinajstić information content (AvgIpc) is 2.75. The molecule has 1 aliphatic heterocycles. The zero-order valence-electron chi connectivity index (χ0n) is 9.61. The number of anilines is 1. The van der Waals surface area contributed by atoms with Crippen molar-refractivity contribution < 1.29 is 14.3 Å². The summed E-state index contributed by atoms with van der Waals surface area (Å²) in [7, 11) is 0. The van der Waals surface area contributed by atoms with Crippen molar-refractivity contribution >= 4 is 29.2 Å². The van der Waals surface area contributed by atoms with Crippen molar-refractivity contribution in [2.75, 3.05) is 18.5 Å². The van der Waals surface area contributed by atoms with E-state index in [1.165, 1.54) is 0 Å². The average molecular weight is 269 g/mol. The number of benzene rings is 1. The molecule has 1 atom stereocenters. The first kappa shape index (κ1) is 12.9. The van der Waals surface area contributed by atoms with E-state index in [9.17, 15) is 9.59 Å². The van der Waals surface area contributed by atoms with Crippen molar-refractivity contribution in [3.05, 3.63) is 29.3 Å². The summed E-state index contributed by atoms with van der Waals surface area (Å²) in [5.74, 6) is -0.508. The van der Waals surface area contributed by atoms with Gasteiger partial charge in [0, 0.05) is 17.1 Å². The molecule has 1 heterocycles. The molecule has 1 aliphatic rings. The van der Waals surface area contributed by atoms with Crippen LogP contribution in [0.5, 0.6) is 0 Å². The Balaban J connectivity index is 1.78. The summed E-state index contributed by atoms with van der Waals surface area (Å²) in [6.07, 6.45) is 0.604. The van der Waals surface area contributed by atoms with E-state index >= 15 is 0 Å². The Labute approximate surface area is 109 Å². The number of halogens is 1. The lowest BCUT2D eigenvalue weighted by atomic mass is 10.2. The van der Waals surface area contributed by atoms with Crippen LogP contribution in [0.4, 0.5) is 5.69 Å². The Morgan fingerprint density at radius 1 is 1.39 bits per heavy atom. The Bertz CT molecular complexity index is 447. The van der Waals surface area contributed by atoms with Crippen LogP contribution >= 0.6 is 11.6 Å². The van der Waals surface area contributed by atoms with E-state index in [4.69, 9.17) is 16.3 Å². The first-order valence-corrected chi connectivity index (χ1v) is 5.98. The molecule has 0 aliphatic carbocycles. The Kier molecular flexibility index (Phi) is 4.17. The molecule has 1 aromatic rings. The highest BCUT2D eigenvalue weighted by atomic mass is 35.5. The molecule has 18 heavy (non-hydrogen) atoms. The second-order valence-electron chi connectivity index (χ2n) is 3.94. The van der Waals surface area contributed by atoms with Crippen molar-refractivity contribution in [1.29, 1.82) is 0 Å². The zero-order chi connectivity index (χ0) is 13.0. The molecular weight excluding hydrogens is 256 g/mol. The number of carbonyl (C=O) groups excluding carboxylic acids is 2. The van der Waals surface area contributed by atoms with E-state index < -0.39 is 0 Å². The molecule has 1 aromatic carbocycles. The molecule has 6 heteroatoms. The molecule has 96 valence electrons. The van der Waals surface area contributed by atoms with Crippen LogP contribution in [0, 0.1) is 0 Å². The SMILES string of the molecule is O=C(CNC1CCOC1=O)Nc1ccc(Cl)cc1. The van der Waals surface area contributed by atoms with Crippen LogP contribution in [0.15, 0.2) is 24.3 Å². The van der Waals surface area contributed by atoms with Crippen LogP contribution in [0.2, 0.25) is 5.02 Å². The van der Waals surface area contributed by atoms with E-state index in [0.717, 1.165) is 0 Å². The van der Waals surface area contributed by atoms with Gasteiger partial charge in [0.2, 0.25) is 5.91 Å². The number of ether oxygens (including phenoxy) is 1. The maximum Gasteiger partial charge on any atom is 0.323 e. The number of rotatable bonds is 4. The number of hydrogen-bond acceptors (Lipinski definition) is 4. The molecule has 0 bridgehead atoms. The van der Waals surface area contributed by atoms with Crippen LogP contribution in [-0.2, 0) is 14.3 Å². The van der Waals surface area contributed by atoms with Gasteiger partial charge in [-0.05, 0) is 24.3 Å². The van der Waals surface area contributed by atoms with E-state index in [0.29, 0.717) is 23.7 Å². The number of cyclic esters (lactones) is 1. The monoisotopic (exact) mass is 268 g/mol. The van der Waals surface area contributed by atoms with E-state index in [1.807, 2.05) is 0 Å². The third kappa shape index (κ3) is 3.45. The number of hydrogen-bond donors (Lipinski definition) is 2. The van der Waals surface area contributed by atoms with Gasteiger partial charge in [-0.15, -0.1) is 0 Å². The minimum atomic E-state index is -0.374. The molecule has 2 N–H and O–H groups in total. The largest absolute Gasteiger partial charge is 0.464 e. The molecule has 0 saturated carbocycles. The second kappa shape index (κ2) is 5.84. The van der Waals surface area contributed by atoms with Gasteiger partial charge in [0.25, 0.3) is 0 Å². The smallest absolute Gasteiger partial charge is 0.323 e. The minimum absolute atomic E-state index is 0.0718. The van der Waals surface area contributed by atoms with Crippen molar-refractivity contribution in [3.8, 4) is 0 Å². The molecule has 1 amide bonds. The first-order valence-electron chi connectivity index (χ1n) is 5.60. The third-order valence-electron chi connectivity index (χ3n) is 2.57. The summed E-state index contributed by atoms with van der Waals surface area (Å²) < 4.78 is 4.78. The normalized spacial score (nSPS) is 18.5. The van der Waals surface area contributed by atoms with Crippen LogP contribution in [0.1, 0.15) is 6.42 Å². The molecular formula is C12H13ClN2O3. The third-order valence-corrected chi connectivity index (χ3v) is 2.82. The van der Waals surface area contributed by atoms with Gasteiger partial charge in [-0.1, -0.05) is 11.6 Å². The standard InChI is InChI=1S/C12H13ClN2O3/c13-8-1-3-9(4-2-8)15-11(16)7-14-10-5-6-18-12(10)17/h1-4,10,14H,5-7H2,(H,15,16). The maximum atomic E-state index is 11.6. The van der Waals surface area contributed by atoms with Gasteiger partial charge >= 0.3 is 5.97 Å². The quantitative estimate of drug-likeness (QED) is 0.805. The Morgan fingerprint density at radius 2 is 2.11 bits per heavy atom. The van der Waals surface area contributed by atoms with Crippen molar-refractivity contribution in [3.63, 3.8) is 0 Å².